The molecule has 9 nitrogen and oxygen atoms in total. The molecule has 1 spiro atoms. The van der Waals surface area contributed by atoms with Crippen molar-refractivity contribution in [3.63, 3.8) is 0 Å². The lowest BCUT2D eigenvalue weighted by atomic mass is 9.75. The Kier molecular flexibility index (Phi) is 7.57. The Morgan fingerprint density at radius 2 is 1.84 bits per heavy atom. The van der Waals surface area contributed by atoms with Gasteiger partial charge in [-0.05, 0) is 70.6 Å². The first-order chi connectivity index (χ1) is 17.4. The maximum absolute atomic E-state index is 12.6. The molecular formula is C27H36ClN5O4. The molecule has 0 aromatic heterocycles. The molecule has 1 amide bonds. The topological polar surface area (TPSA) is 120 Å². The number of hydrazine groups is 1. The van der Waals surface area contributed by atoms with Gasteiger partial charge in [-0.1, -0.05) is 30.7 Å². The number of aliphatic imine (C=N–C) groups is 1. The van der Waals surface area contributed by atoms with E-state index in [4.69, 9.17) is 32.3 Å². The van der Waals surface area contributed by atoms with E-state index in [0.717, 1.165) is 48.4 Å². The first kappa shape index (κ1) is 27.0. The molecule has 0 radical (unpaired) electrons. The lowest BCUT2D eigenvalue weighted by Gasteiger charge is -2.41. The third-order valence-corrected chi connectivity index (χ3v) is 7.64. The van der Waals surface area contributed by atoms with Crippen LogP contribution in [0.5, 0.6) is 0 Å². The highest BCUT2D eigenvalue weighted by Gasteiger charge is 2.49. The number of benzene rings is 1. The molecule has 1 aromatic rings. The van der Waals surface area contributed by atoms with Crippen molar-refractivity contribution in [1.82, 2.24) is 15.2 Å². The number of allylic oxidation sites excluding steroid dienone is 2. The van der Waals surface area contributed by atoms with Gasteiger partial charge in [0.2, 0.25) is 0 Å². The fourth-order valence-electron chi connectivity index (χ4n) is 5.17. The van der Waals surface area contributed by atoms with Crippen molar-refractivity contribution < 1.29 is 19.4 Å². The van der Waals surface area contributed by atoms with Crippen molar-refractivity contribution in [1.29, 1.82) is 0 Å². The van der Waals surface area contributed by atoms with Crippen molar-refractivity contribution in [3.8, 4) is 0 Å². The molecule has 1 aliphatic carbocycles. The second-order valence-corrected chi connectivity index (χ2v) is 11.3. The van der Waals surface area contributed by atoms with E-state index >= 15 is 0 Å². The van der Waals surface area contributed by atoms with Gasteiger partial charge in [0, 0.05) is 30.6 Å². The molecule has 10 heteroatoms. The minimum atomic E-state index is -0.955. The quantitative estimate of drug-likeness (QED) is 0.462. The van der Waals surface area contributed by atoms with Crippen molar-refractivity contribution in [2.24, 2.45) is 16.3 Å². The van der Waals surface area contributed by atoms with Gasteiger partial charge in [0.1, 0.15) is 11.4 Å². The maximum Gasteiger partial charge on any atom is 0.410 e. The highest BCUT2D eigenvalue weighted by Crippen LogP contribution is 2.50. The Bertz CT molecular complexity index is 1160. The van der Waals surface area contributed by atoms with E-state index in [1.165, 1.54) is 5.01 Å². The number of carbonyl (C=O) groups excluding carboxylic acids is 1. The number of rotatable bonds is 5. The zero-order valence-electron chi connectivity index (χ0n) is 21.9. The van der Waals surface area contributed by atoms with E-state index in [9.17, 15) is 9.59 Å². The molecule has 37 heavy (non-hydrogen) atoms. The van der Waals surface area contributed by atoms with Gasteiger partial charge in [-0.15, -0.1) is 0 Å². The zero-order chi connectivity index (χ0) is 27.0. The number of nitrogens with zero attached hydrogens (tertiary/aromatic N) is 3. The Hall–Kier alpha value is -3.04. The molecule has 0 unspecified atom stereocenters. The first-order valence-corrected chi connectivity index (χ1v) is 13.1. The molecule has 4 rings (SSSR count). The number of amides is 1. The fraction of sp³-hybridized carbons (Fsp3) is 0.519. The molecule has 1 saturated heterocycles. The normalized spacial score (nSPS) is 20.5. The molecule has 3 aliphatic rings. The van der Waals surface area contributed by atoms with Crippen LogP contribution in [-0.4, -0.2) is 51.5 Å². The van der Waals surface area contributed by atoms with Crippen LogP contribution in [0, 0.1) is 5.41 Å². The maximum atomic E-state index is 12.6. The highest BCUT2D eigenvalue weighted by molar-refractivity contribution is 6.30. The summed E-state index contributed by atoms with van der Waals surface area (Å²) in [6.07, 6.45) is 3.64. The van der Waals surface area contributed by atoms with Crippen LogP contribution < -0.4 is 11.2 Å². The fourth-order valence-corrected chi connectivity index (χ4v) is 5.31. The number of carboxylic acids is 1. The number of aromatic carboxylic acids is 1. The average molecular weight is 530 g/mol. The predicted molar refractivity (Wildman–Crippen MR) is 143 cm³/mol. The number of piperidine rings is 1. The molecule has 1 saturated carbocycles. The van der Waals surface area contributed by atoms with Gasteiger partial charge in [0.15, 0.2) is 5.82 Å². The summed E-state index contributed by atoms with van der Waals surface area (Å²) in [6, 6.07) is 6.76. The van der Waals surface area contributed by atoms with Crippen molar-refractivity contribution in [2.45, 2.75) is 71.9 Å². The number of hydrogen-bond donors (Lipinski definition) is 3. The second kappa shape index (κ2) is 10.4. The Balaban J connectivity index is 1.58. The lowest BCUT2D eigenvalue weighted by molar-refractivity contribution is 0.0156. The molecule has 0 atom stereocenters. The number of nitrogens with two attached hydrogens (primary N) is 1. The van der Waals surface area contributed by atoms with Crippen LogP contribution in [0.1, 0.15) is 75.7 Å². The van der Waals surface area contributed by atoms with E-state index in [1.807, 2.05) is 27.7 Å². The highest BCUT2D eigenvalue weighted by atomic mass is 35.5. The van der Waals surface area contributed by atoms with E-state index in [1.54, 1.807) is 29.2 Å². The summed E-state index contributed by atoms with van der Waals surface area (Å²) in [7, 11) is 0. The number of carbonyl (C=O) groups is 2. The summed E-state index contributed by atoms with van der Waals surface area (Å²) in [4.78, 5) is 30.6. The Morgan fingerprint density at radius 1 is 1.19 bits per heavy atom. The average Bonchev–Trinajstić information content (AvgIpc) is 3.19. The summed E-state index contributed by atoms with van der Waals surface area (Å²) in [5.74, 6) is 6.88. The zero-order valence-corrected chi connectivity index (χ0v) is 22.7. The summed E-state index contributed by atoms with van der Waals surface area (Å²) >= 11 is 6.59. The summed E-state index contributed by atoms with van der Waals surface area (Å²) in [5, 5.41) is 14.7. The van der Waals surface area contributed by atoms with Crippen molar-refractivity contribution >= 4 is 29.4 Å². The van der Waals surface area contributed by atoms with Crippen molar-refractivity contribution in [3.05, 3.63) is 57.6 Å². The van der Waals surface area contributed by atoms with E-state index in [-0.39, 0.29) is 17.1 Å². The number of carboxylic acid groups (broad SMARTS) is 1. The van der Waals surface area contributed by atoms with Crippen LogP contribution in [-0.2, 0) is 11.3 Å². The molecule has 200 valence electrons. The van der Waals surface area contributed by atoms with Gasteiger partial charge in [0.25, 0.3) is 0 Å². The lowest BCUT2D eigenvalue weighted by Crippen LogP contribution is -2.48. The van der Waals surface area contributed by atoms with Crippen LogP contribution in [0.3, 0.4) is 0 Å². The van der Waals surface area contributed by atoms with Crippen LogP contribution >= 0.6 is 11.6 Å². The molecule has 0 bridgehead atoms. The summed E-state index contributed by atoms with van der Waals surface area (Å²) in [5.41, 5.74) is 2.57. The van der Waals surface area contributed by atoms with E-state index in [2.05, 4.69) is 5.32 Å². The number of halogens is 1. The largest absolute Gasteiger partial charge is 0.478 e. The molecule has 2 fully saturated rings. The summed E-state index contributed by atoms with van der Waals surface area (Å²) < 4.78 is 5.58. The molecule has 2 heterocycles. The molecule has 4 N–H and O–H groups in total. The van der Waals surface area contributed by atoms with Gasteiger partial charge < -0.3 is 20.1 Å². The predicted octanol–water partition coefficient (Wildman–Crippen LogP) is 4.95. The van der Waals surface area contributed by atoms with Gasteiger partial charge in [-0.3, -0.25) is 0 Å². The number of likely N-dealkylation sites (tertiary alicyclic amines) is 1. The van der Waals surface area contributed by atoms with Crippen LogP contribution in [0.2, 0.25) is 0 Å². The van der Waals surface area contributed by atoms with E-state index in [0.29, 0.717) is 36.9 Å². The molecule has 1 aromatic carbocycles. The van der Waals surface area contributed by atoms with Gasteiger partial charge in [-0.25, -0.2) is 25.4 Å². The third-order valence-electron chi connectivity index (χ3n) is 7.20. The van der Waals surface area contributed by atoms with Gasteiger partial charge in [0.05, 0.1) is 16.3 Å². The first-order valence-electron chi connectivity index (χ1n) is 12.7. The SMILES string of the molecule is CC/C(Cl)=C1/N=C2C(=C(NCc3ccc(C(=O)O)cc3)N1N)CCC21CCN(C(=O)OC(C)(C)C)CC1. The van der Waals surface area contributed by atoms with Gasteiger partial charge in [-0.2, -0.15) is 0 Å². The van der Waals surface area contributed by atoms with Gasteiger partial charge >= 0.3 is 12.1 Å². The van der Waals surface area contributed by atoms with Crippen LogP contribution in [0.25, 0.3) is 0 Å². The number of hydrogen-bond acceptors (Lipinski definition) is 7. The van der Waals surface area contributed by atoms with Crippen LogP contribution in [0.15, 0.2) is 51.5 Å². The smallest absolute Gasteiger partial charge is 0.410 e. The number of ether oxygens (including phenoxy) is 1. The Morgan fingerprint density at radius 3 is 2.41 bits per heavy atom. The molecular weight excluding hydrogens is 494 g/mol. The molecule has 2 aliphatic heterocycles. The monoisotopic (exact) mass is 529 g/mol. The van der Waals surface area contributed by atoms with E-state index < -0.39 is 11.6 Å². The Labute approximate surface area is 223 Å². The number of nitrogens with one attached hydrogen (secondary N) is 1. The minimum Gasteiger partial charge on any atom is -0.478 e. The van der Waals surface area contributed by atoms with Crippen molar-refractivity contribution in [2.75, 3.05) is 13.1 Å². The van der Waals surface area contributed by atoms with Crippen LogP contribution in [0.4, 0.5) is 4.79 Å². The summed E-state index contributed by atoms with van der Waals surface area (Å²) in [6.45, 7) is 9.26. The second-order valence-electron chi connectivity index (χ2n) is 10.8. The standard InChI is InChI=1S/C27H36ClN5O4/c1-5-20(28)23-31-21-19(22(33(23)29)30-16-17-6-8-18(9-7-17)24(34)35)10-11-27(21)12-14-32(15-13-27)25(36)37-26(2,3)4/h6-9,30H,5,10-16,29H2,1-4H3,(H,34,35)/b23-20+. The number of fused-ring (bicyclic) bond motifs is 2. The third kappa shape index (κ3) is 5.62. The minimum absolute atomic E-state index is 0.151.